The SMILES string of the molecule is Cc1cccc(CNC(=O)c2sc3ncnc(NC(C)c4cccs4)c3c2C)n1. The fourth-order valence-corrected chi connectivity index (χ4v) is 4.96. The number of nitrogens with zero attached hydrogens (tertiary/aromatic N) is 3. The second-order valence-corrected chi connectivity index (χ2v) is 8.77. The van der Waals surface area contributed by atoms with Crippen LogP contribution >= 0.6 is 22.7 Å². The summed E-state index contributed by atoms with van der Waals surface area (Å²) in [5.74, 6) is 0.634. The lowest BCUT2D eigenvalue weighted by molar-refractivity contribution is 0.0954. The van der Waals surface area contributed by atoms with Crippen LogP contribution in [-0.2, 0) is 6.54 Å². The number of pyridine rings is 1. The quantitative estimate of drug-likeness (QED) is 0.463. The van der Waals surface area contributed by atoms with Crippen molar-refractivity contribution >= 4 is 44.6 Å². The van der Waals surface area contributed by atoms with Gasteiger partial charge in [0.1, 0.15) is 17.0 Å². The van der Waals surface area contributed by atoms with Gasteiger partial charge in [-0.1, -0.05) is 12.1 Å². The van der Waals surface area contributed by atoms with Gasteiger partial charge >= 0.3 is 0 Å². The normalized spacial score (nSPS) is 12.1. The zero-order valence-electron chi connectivity index (χ0n) is 16.4. The molecule has 1 unspecified atom stereocenters. The molecule has 0 spiro atoms. The third kappa shape index (κ3) is 4.13. The average Bonchev–Trinajstić information content (AvgIpc) is 3.35. The van der Waals surface area contributed by atoms with Crippen LogP contribution in [0.3, 0.4) is 0 Å². The number of rotatable bonds is 6. The van der Waals surface area contributed by atoms with Crippen molar-refractivity contribution in [1.82, 2.24) is 20.3 Å². The Kier molecular flexibility index (Phi) is 5.55. The minimum Gasteiger partial charge on any atom is -0.362 e. The van der Waals surface area contributed by atoms with Gasteiger partial charge in [0, 0.05) is 10.6 Å². The van der Waals surface area contributed by atoms with E-state index in [4.69, 9.17) is 0 Å². The highest BCUT2D eigenvalue weighted by Crippen LogP contribution is 2.35. The molecule has 4 aromatic heterocycles. The predicted octanol–water partition coefficient (Wildman–Crippen LogP) is 4.87. The van der Waals surface area contributed by atoms with Crippen molar-refractivity contribution in [2.45, 2.75) is 33.4 Å². The number of hydrogen-bond donors (Lipinski definition) is 2. The fraction of sp³-hybridized carbons (Fsp3) is 0.238. The Bertz CT molecular complexity index is 1150. The summed E-state index contributed by atoms with van der Waals surface area (Å²) in [5.41, 5.74) is 2.66. The minimum absolute atomic E-state index is 0.119. The van der Waals surface area contributed by atoms with E-state index in [1.54, 1.807) is 17.7 Å². The van der Waals surface area contributed by atoms with Crippen molar-refractivity contribution in [2.75, 3.05) is 5.32 Å². The van der Waals surface area contributed by atoms with Gasteiger partial charge in [-0.25, -0.2) is 9.97 Å². The summed E-state index contributed by atoms with van der Waals surface area (Å²) in [6, 6.07) is 10.0. The van der Waals surface area contributed by atoms with Crippen LogP contribution in [0.1, 0.15) is 44.5 Å². The van der Waals surface area contributed by atoms with Crippen LogP contribution in [0.2, 0.25) is 0 Å². The predicted molar refractivity (Wildman–Crippen MR) is 119 cm³/mol. The number of amides is 1. The summed E-state index contributed by atoms with van der Waals surface area (Å²) in [4.78, 5) is 28.8. The minimum atomic E-state index is -0.119. The summed E-state index contributed by atoms with van der Waals surface area (Å²) in [6.45, 7) is 6.37. The molecule has 0 saturated carbocycles. The molecule has 6 nitrogen and oxygen atoms in total. The molecule has 0 saturated heterocycles. The summed E-state index contributed by atoms with van der Waals surface area (Å²) < 4.78 is 0. The first kappa shape index (κ1) is 19.5. The van der Waals surface area contributed by atoms with Crippen LogP contribution < -0.4 is 10.6 Å². The van der Waals surface area contributed by atoms with Crippen LogP contribution in [-0.4, -0.2) is 20.9 Å². The Balaban J connectivity index is 1.57. The van der Waals surface area contributed by atoms with Crippen LogP contribution in [0.25, 0.3) is 10.2 Å². The fourth-order valence-electron chi connectivity index (χ4n) is 3.16. The van der Waals surface area contributed by atoms with E-state index in [9.17, 15) is 4.79 Å². The lowest BCUT2D eigenvalue weighted by Gasteiger charge is -2.13. The van der Waals surface area contributed by atoms with E-state index in [0.29, 0.717) is 11.4 Å². The van der Waals surface area contributed by atoms with Crippen molar-refractivity contribution in [3.8, 4) is 0 Å². The number of hydrogen-bond acceptors (Lipinski definition) is 7. The second-order valence-electron chi connectivity index (χ2n) is 6.79. The molecule has 2 N–H and O–H groups in total. The molecule has 4 aromatic rings. The molecule has 1 atom stereocenters. The highest BCUT2D eigenvalue weighted by atomic mass is 32.1. The van der Waals surface area contributed by atoms with Gasteiger partial charge in [0.05, 0.1) is 28.5 Å². The van der Waals surface area contributed by atoms with E-state index >= 15 is 0 Å². The first-order valence-corrected chi connectivity index (χ1v) is 11.0. The summed E-state index contributed by atoms with van der Waals surface area (Å²) in [5, 5.41) is 9.40. The first-order valence-electron chi connectivity index (χ1n) is 9.27. The van der Waals surface area contributed by atoms with E-state index in [0.717, 1.165) is 33.0 Å². The molecule has 0 radical (unpaired) electrons. The number of carbonyl (C=O) groups excluding carboxylic acids is 1. The molecule has 0 aromatic carbocycles. The Morgan fingerprint density at radius 2 is 2.03 bits per heavy atom. The highest BCUT2D eigenvalue weighted by molar-refractivity contribution is 7.20. The molecule has 29 heavy (non-hydrogen) atoms. The average molecular weight is 424 g/mol. The lowest BCUT2D eigenvalue weighted by Crippen LogP contribution is -2.23. The highest BCUT2D eigenvalue weighted by Gasteiger charge is 2.20. The van der Waals surface area contributed by atoms with Crippen molar-refractivity contribution in [3.63, 3.8) is 0 Å². The number of aromatic nitrogens is 3. The zero-order chi connectivity index (χ0) is 20.4. The van der Waals surface area contributed by atoms with Crippen LogP contribution in [0.4, 0.5) is 5.82 Å². The summed E-state index contributed by atoms with van der Waals surface area (Å²) >= 11 is 3.09. The standard InChI is InChI=1S/C21H21N5OS2/c1-12-6-4-7-15(25-12)10-22-20(27)18-13(2)17-19(23-11-24-21(17)29-18)26-14(3)16-8-5-9-28-16/h4-9,11,14H,10H2,1-3H3,(H,22,27)(H,23,24,26). The topological polar surface area (TPSA) is 79.8 Å². The number of nitrogens with one attached hydrogen (secondary N) is 2. The van der Waals surface area contributed by atoms with E-state index in [1.807, 2.05) is 38.1 Å². The van der Waals surface area contributed by atoms with Gasteiger partial charge in [0.2, 0.25) is 0 Å². The van der Waals surface area contributed by atoms with Crippen molar-refractivity contribution < 1.29 is 4.79 Å². The van der Waals surface area contributed by atoms with E-state index in [-0.39, 0.29) is 11.9 Å². The Morgan fingerprint density at radius 3 is 2.79 bits per heavy atom. The molecule has 0 aliphatic heterocycles. The van der Waals surface area contributed by atoms with Gasteiger partial charge in [-0.2, -0.15) is 0 Å². The van der Waals surface area contributed by atoms with Crippen LogP contribution in [0.15, 0.2) is 42.0 Å². The van der Waals surface area contributed by atoms with E-state index in [2.05, 4.69) is 44.0 Å². The molecular formula is C21H21N5OS2. The number of anilines is 1. The van der Waals surface area contributed by atoms with Gasteiger partial charge in [-0.15, -0.1) is 22.7 Å². The lowest BCUT2D eigenvalue weighted by atomic mass is 10.2. The Morgan fingerprint density at radius 1 is 1.17 bits per heavy atom. The maximum Gasteiger partial charge on any atom is 0.262 e. The molecular weight excluding hydrogens is 402 g/mol. The van der Waals surface area contributed by atoms with Crippen LogP contribution in [0, 0.1) is 13.8 Å². The smallest absolute Gasteiger partial charge is 0.262 e. The third-order valence-corrected chi connectivity index (χ3v) is 6.89. The zero-order valence-corrected chi connectivity index (χ0v) is 18.0. The summed E-state index contributed by atoms with van der Waals surface area (Å²) in [6.07, 6.45) is 1.54. The van der Waals surface area contributed by atoms with E-state index in [1.165, 1.54) is 16.2 Å². The van der Waals surface area contributed by atoms with Gasteiger partial charge in [0.25, 0.3) is 5.91 Å². The van der Waals surface area contributed by atoms with Crippen molar-refractivity contribution in [1.29, 1.82) is 0 Å². The number of thiophene rings is 2. The monoisotopic (exact) mass is 423 g/mol. The van der Waals surface area contributed by atoms with Gasteiger partial charge in [0.15, 0.2) is 0 Å². The van der Waals surface area contributed by atoms with Gasteiger partial charge in [-0.05, 0) is 49.9 Å². The molecule has 8 heteroatoms. The molecule has 0 aliphatic rings. The van der Waals surface area contributed by atoms with Crippen molar-refractivity contribution in [3.05, 3.63) is 68.7 Å². The van der Waals surface area contributed by atoms with E-state index < -0.39 is 0 Å². The Labute approximate surface area is 177 Å². The van der Waals surface area contributed by atoms with Crippen LogP contribution in [0.5, 0.6) is 0 Å². The van der Waals surface area contributed by atoms with Gasteiger partial charge < -0.3 is 10.6 Å². The second kappa shape index (κ2) is 8.26. The third-order valence-electron chi connectivity index (χ3n) is 4.63. The molecule has 148 valence electrons. The molecule has 4 rings (SSSR count). The Hall–Kier alpha value is -2.84. The maximum atomic E-state index is 12.8. The largest absolute Gasteiger partial charge is 0.362 e. The molecule has 1 amide bonds. The molecule has 0 fully saturated rings. The maximum absolute atomic E-state index is 12.8. The number of carbonyl (C=O) groups is 1. The molecule has 0 bridgehead atoms. The van der Waals surface area contributed by atoms with Gasteiger partial charge in [-0.3, -0.25) is 9.78 Å². The number of fused-ring (bicyclic) bond motifs is 1. The summed E-state index contributed by atoms with van der Waals surface area (Å²) in [7, 11) is 0. The first-order chi connectivity index (χ1) is 14.0. The van der Waals surface area contributed by atoms with Crippen molar-refractivity contribution in [2.24, 2.45) is 0 Å². The molecule has 0 aliphatic carbocycles. The number of aryl methyl sites for hydroxylation is 2. The molecule has 4 heterocycles.